The quantitative estimate of drug-likeness (QED) is 0.131. The van der Waals surface area contributed by atoms with Gasteiger partial charge >= 0.3 is 6.09 Å². The van der Waals surface area contributed by atoms with Gasteiger partial charge in [0, 0.05) is 12.8 Å². The molecule has 0 spiro atoms. The van der Waals surface area contributed by atoms with E-state index in [1.165, 1.54) is 0 Å². The summed E-state index contributed by atoms with van der Waals surface area (Å²) in [7, 11) is 0. The van der Waals surface area contributed by atoms with Crippen molar-refractivity contribution in [2.45, 2.75) is 62.9 Å². The number of amides is 5. The molecule has 0 bridgehead atoms. The maximum Gasteiger partial charge on any atom is 0.407 e. The summed E-state index contributed by atoms with van der Waals surface area (Å²) in [5, 5.41) is 18.8. The molecule has 0 aliphatic carbocycles. The van der Waals surface area contributed by atoms with E-state index in [4.69, 9.17) is 16.2 Å². The number of nitrogens with one attached hydrogen (secondary N) is 3. The fraction of sp³-hybridized carbons (Fsp3) is 0.303. The van der Waals surface area contributed by atoms with Crippen LogP contribution in [0.15, 0.2) is 91.0 Å². The van der Waals surface area contributed by atoms with Crippen LogP contribution in [0.2, 0.25) is 0 Å². The third-order valence-electron chi connectivity index (χ3n) is 6.95. The Morgan fingerprint density at radius 2 is 1.22 bits per heavy atom. The third kappa shape index (κ3) is 12.5. The second-order valence-corrected chi connectivity index (χ2v) is 10.6. The summed E-state index contributed by atoms with van der Waals surface area (Å²) in [5.41, 5.74) is 13.1. The van der Waals surface area contributed by atoms with Gasteiger partial charge < -0.3 is 37.3 Å². The van der Waals surface area contributed by atoms with Crippen LogP contribution >= 0.6 is 0 Å². The van der Waals surface area contributed by atoms with E-state index in [0.29, 0.717) is 0 Å². The SMILES string of the molecule is NC(=O)CC[C@H](NC(=O)C[C@H](O)[C@H](Cc1ccccc1)NC(=O)OCc1ccccc1)C(=O)N[C@@H](Cc1ccccc1)C(N)=O. The van der Waals surface area contributed by atoms with E-state index in [-0.39, 0.29) is 32.3 Å². The van der Waals surface area contributed by atoms with Gasteiger partial charge in [0.25, 0.3) is 0 Å². The minimum absolute atomic E-state index is 0.00847. The van der Waals surface area contributed by atoms with Crippen LogP contribution in [0.5, 0.6) is 0 Å². The summed E-state index contributed by atoms with van der Waals surface area (Å²) >= 11 is 0. The Morgan fingerprint density at radius 1 is 0.689 bits per heavy atom. The number of primary amides is 2. The molecule has 4 atom stereocenters. The number of aliphatic hydroxyl groups excluding tert-OH is 1. The molecule has 3 rings (SSSR count). The molecule has 0 saturated carbocycles. The van der Waals surface area contributed by atoms with E-state index in [9.17, 15) is 29.1 Å². The van der Waals surface area contributed by atoms with Gasteiger partial charge in [-0.3, -0.25) is 19.2 Å². The normalized spacial score (nSPS) is 13.4. The van der Waals surface area contributed by atoms with Crippen LogP contribution in [0.1, 0.15) is 36.0 Å². The Balaban J connectivity index is 1.67. The largest absolute Gasteiger partial charge is 0.445 e. The van der Waals surface area contributed by atoms with Gasteiger partial charge in [-0.2, -0.15) is 0 Å². The first-order chi connectivity index (χ1) is 21.6. The van der Waals surface area contributed by atoms with Crippen molar-refractivity contribution in [1.82, 2.24) is 16.0 Å². The van der Waals surface area contributed by atoms with Crippen molar-refractivity contribution in [2.24, 2.45) is 11.5 Å². The average Bonchev–Trinajstić information content (AvgIpc) is 3.02. The third-order valence-corrected chi connectivity index (χ3v) is 6.95. The molecule has 0 fully saturated rings. The summed E-state index contributed by atoms with van der Waals surface area (Å²) in [6, 6.07) is 23.7. The monoisotopic (exact) mass is 617 g/mol. The van der Waals surface area contributed by atoms with Gasteiger partial charge in [-0.25, -0.2) is 4.79 Å². The number of ether oxygens (including phenoxy) is 1. The van der Waals surface area contributed by atoms with Crippen molar-refractivity contribution in [2.75, 3.05) is 0 Å². The summed E-state index contributed by atoms with van der Waals surface area (Å²) in [6.07, 6.45) is -2.76. The predicted molar refractivity (Wildman–Crippen MR) is 166 cm³/mol. The number of alkyl carbamates (subject to hydrolysis) is 1. The molecule has 12 nitrogen and oxygen atoms in total. The number of carbonyl (C=O) groups is 5. The highest BCUT2D eigenvalue weighted by Crippen LogP contribution is 2.11. The van der Waals surface area contributed by atoms with Crippen LogP contribution < -0.4 is 27.4 Å². The molecule has 0 heterocycles. The van der Waals surface area contributed by atoms with Crippen molar-refractivity contribution in [3.63, 3.8) is 0 Å². The summed E-state index contributed by atoms with van der Waals surface area (Å²) in [4.78, 5) is 62.5. The van der Waals surface area contributed by atoms with E-state index in [0.717, 1.165) is 16.7 Å². The fourth-order valence-electron chi connectivity index (χ4n) is 4.55. The highest BCUT2D eigenvalue weighted by molar-refractivity contribution is 5.92. The zero-order valence-corrected chi connectivity index (χ0v) is 24.8. The van der Waals surface area contributed by atoms with Crippen molar-refractivity contribution < 1.29 is 33.8 Å². The van der Waals surface area contributed by atoms with E-state index < -0.39 is 60.4 Å². The molecule has 0 aromatic heterocycles. The zero-order chi connectivity index (χ0) is 32.6. The second-order valence-electron chi connectivity index (χ2n) is 10.6. The maximum absolute atomic E-state index is 13.2. The van der Waals surface area contributed by atoms with Gasteiger partial charge in [0.1, 0.15) is 18.7 Å². The average molecular weight is 618 g/mol. The lowest BCUT2D eigenvalue weighted by atomic mass is 9.98. The summed E-state index contributed by atoms with van der Waals surface area (Å²) in [5.74, 6) is -2.96. The van der Waals surface area contributed by atoms with Gasteiger partial charge in [-0.05, 0) is 29.5 Å². The maximum atomic E-state index is 13.2. The molecule has 5 amide bonds. The van der Waals surface area contributed by atoms with Crippen molar-refractivity contribution in [1.29, 1.82) is 0 Å². The molecule has 8 N–H and O–H groups in total. The van der Waals surface area contributed by atoms with Crippen molar-refractivity contribution >= 4 is 29.7 Å². The van der Waals surface area contributed by atoms with Crippen LogP contribution in [-0.4, -0.2) is 59.1 Å². The minimum atomic E-state index is -1.38. The first-order valence-electron chi connectivity index (χ1n) is 14.5. The van der Waals surface area contributed by atoms with Gasteiger partial charge in [0.2, 0.25) is 23.6 Å². The number of nitrogens with two attached hydrogens (primary N) is 2. The minimum Gasteiger partial charge on any atom is -0.445 e. The fourth-order valence-corrected chi connectivity index (χ4v) is 4.55. The Bertz CT molecular complexity index is 1410. The Morgan fingerprint density at radius 3 is 1.76 bits per heavy atom. The number of hydrogen-bond acceptors (Lipinski definition) is 7. The molecule has 0 radical (unpaired) electrons. The lowest BCUT2D eigenvalue weighted by Gasteiger charge is -2.25. The molecule has 45 heavy (non-hydrogen) atoms. The molecular weight excluding hydrogens is 578 g/mol. The number of carbonyl (C=O) groups excluding carboxylic acids is 5. The molecule has 0 aliphatic rings. The lowest BCUT2D eigenvalue weighted by molar-refractivity contribution is -0.132. The first kappa shape index (κ1) is 34.3. The van der Waals surface area contributed by atoms with Crippen LogP contribution in [0.4, 0.5) is 4.79 Å². The second kappa shape index (κ2) is 17.8. The van der Waals surface area contributed by atoms with E-state index in [1.54, 1.807) is 54.6 Å². The zero-order valence-electron chi connectivity index (χ0n) is 24.8. The molecule has 238 valence electrons. The topological polar surface area (TPSA) is 203 Å². The number of rotatable bonds is 17. The lowest BCUT2D eigenvalue weighted by Crippen LogP contribution is -2.54. The van der Waals surface area contributed by atoms with E-state index in [1.807, 2.05) is 36.4 Å². The molecule has 3 aromatic carbocycles. The van der Waals surface area contributed by atoms with Crippen LogP contribution in [-0.2, 0) is 43.4 Å². The highest BCUT2D eigenvalue weighted by Gasteiger charge is 2.29. The van der Waals surface area contributed by atoms with Gasteiger partial charge in [-0.1, -0.05) is 91.0 Å². The van der Waals surface area contributed by atoms with Crippen molar-refractivity contribution in [3.05, 3.63) is 108 Å². The highest BCUT2D eigenvalue weighted by atomic mass is 16.5. The van der Waals surface area contributed by atoms with Gasteiger partial charge in [0.15, 0.2) is 0 Å². The summed E-state index contributed by atoms with van der Waals surface area (Å²) < 4.78 is 5.30. The predicted octanol–water partition coefficient (Wildman–Crippen LogP) is 1.24. The van der Waals surface area contributed by atoms with Crippen LogP contribution in [0, 0.1) is 0 Å². The summed E-state index contributed by atoms with van der Waals surface area (Å²) in [6.45, 7) is 0.00847. The number of hydrogen-bond donors (Lipinski definition) is 6. The van der Waals surface area contributed by atoms with Gasteiger partial charge in [-0.15, -0.1) is 0 Å². The molecular formula is C33H39N5O7. The van der Waals surface area contributed by atoms with Gasteiger partial charge in [0.05, 0.1) is 18.6 Å². The molecule has 12 heteroatoms. The Kier molecular flexibility index (Phi) is 13.5. The molecule has 0 unspecified atom stereocenters. The van der Waals surface area contributed by atoms with E-state index in [2.05, 4.69) is 16.0 Å². The molecule has 0 aliphatic heterocycles. The number of benzene rings is 3. The standard InChI is InChI=1S/C33H39N5O7/c34-29(40)17-16-25(32(43)37-27(31(35)42)19-23-12-6-2-7-13-23)36-30(41)20-28(39)26(18-22-10-4-1-5-11-22)38-33(44)45-21-24-14-8-3-9-15-24/h1-15,25-28,39H,16-21H2,(H2,34,40)(H2,35,42)(H,36,41)(H,37,43)(H,38,44)/t25-,26-,27-,28-/m0/s1. The van der Waals surface area contributed by atoms with E-state index >= 15 is 0 Å². The molecule has 3 aromatic rings. The van der Waals surface area contributed by atoms with Crippen LogP contribution in [0.25, 0.3) is 0 Å². The Labute approximate surface area is 261 Å². The van der Waals surface area contributed by atoms with Crippen LogP contribution in [0.3, 0.4) is 0 Å². The Hall–Kier alpha value is -5.23. The van der Waals surface area contributed by atoms with Crippen molar-refractivity contribution in [3.8, 4) is 0 Å². The number of aliphatic hydroxyl groups is 1. The molecule has 0 saturated heterocycles. The smallest absolute Gasteiger partial charge is 0.407 e. The first-order valence-corrected chi connectivity index (χ1v) is 14.5.